The van der Waals surface area contributed by atoms with Crippen LogP contribution in [0.15, 0.2) is 71.6 Å². The molecule has 2 amide bonds. The van der Waals surface area contributed by atoms with Crippen LogP contribution in [-0.4, -0.2) is 66.2 Å². The van der Waals surface area contributed by atoms with Crippen molar-refractivity contribution in [3.8, 4) is 5.75 Å². The quantitative estimate of drug-likeness (QED) is 0.148. The molecule has 48 heavy (non-hydrogen) atoms. The molecule has 262 valence electrons. The molecule has 8 nitrogen and oxygen atoms in total. The third-order valence-electron chi connectivity index (χ3n) is 7.02. The van der Waals surface area contributed by atoms with Crippen LogP contribution in [0.2, 0.25) is 0 Å². The SMILES string of the molecule is CC(C)C.CC(C)CN(C[C@@H](O)[C@H](Cc1ccccc1)NC(=O)CNC(=O)CNCc1cc(F)ccc1F)Sc1ccc2c(c1)CCO2. The maximum absolute atomic E-state index is 13.8. The molecule has 3 aromatic rings. The van der Waals surface area contributed by atoms with Gasteiger partial charge in [-0.05, 0) is 77.7 Å². The average Bonchev–Trinajstić information content (AvgIpc) is 3.49. The van der Waals surface area contributed by atoms with Gasteiger partial charge in [-0.2, -0.15) is 0 Å². The molecule has 0 fully saturated rings. The molecule has 0 saturated carbocycles. The zero-order valence-corrected chi connectivity index (χ0v) is 29.4. The summed E-state index contributed by atoms with van der Waals surface area (Å²) < 4.78 is 34.9. The van der Waals surface area contributed by atoms with Gasteiger partial charge in [0, 0.05) is 36.5 Å². The minimum atomic E-state index is -0.901. The Labute approximate surface area is 288 Å². The van der Waals surface area contributed by atoms with Crippen LogP contribution < -0.4 is 20.7 Å². The second kappa shape index (κ2) is 20.1. The fraction of sp³-hybridized carbons (Fsp3) is 0.459. The molecular formula is C37H50F2N4O4S. The Hall–Kier alpha value is -3.51. The predicted molar refractivity (Wildman–Crippen MR) is 188 cm³/mol. The summed E-state index contributed by atoms with van der Waals surface area (Å²) in [6.45, 7) is 11.9. The highest BCUT2D eigenvalue weighted by atomic mass is 32.2. The van der Waals surface area contributed by atoms with Crippen LogP contribution in [0.4, 0.5) is 8.78 Å². The summed E-state index contributed by atoms with van der Waals surface area (Å²) in [4.78, 5) is 26.3. The number of hydrogen-bond acceptors (Lipinski definition) is 7. The van der Waals surface area contributed by atoms with E-state index >= 15 is 0 Å². The van der Waals surface area contributed by atoms with Crippen molar-refractivity contribution in [2.75, 3.05) is 32.8 Å². The van der Waals surface area contributed by atoms with Crippen LogP contribution in [0, 0.1) is 23.5 Å². The number of nitrogens with zero attached hydrogens (tertiary/aromatic N) is 1. The van der Waals surface area contributed by atoms with E-state index in [-0.39, 0.29) is 25.2 Å². The summed E-state index contributed by atoms with van der Waals surface area (Å²) in [5, 5.41) is 19.6. The Morgan fingerprint density at radius 2 is 1.67 bits per heavy atom. The third-order valence-corrected chi connectivity index (χ3v) is 8.04. The fourth-order valence-electron chi connectivity index (χ4n) is 4.90. The van der Waals surface area contributed by atoms with Gasteiger partial charge in [-0.3, -0.25) is 9.59 Å². The van der Waals surface area contributed by atoms with Gasteiger partial charge < -0.3 is 25.8 Å². The standard InChI is InChI=1S/C33H40F2N4O4S.C4H10/c1-22(2)20-39(44-27-9-11-31-24(16-27)12-13-43-31)21-30(40)29(14-23-6-4-3-5-7-23)38-33(42)19-37-32(41)18-36-17-25-15-26(34)8-10-28(25)35;1-4(2)3/h3-11,15-16,22,29-30,36,40H,12-14,17-21H2,1-2H3,(H,37,41)(H,38,42);4H,1-3H3/t29-,30+;/m0./s1. The van der Waals surface area contributed by atoms with Crippen LogP contribution >= 0.6 is 11.9 Å². The molecule has 0 spiro atoms. The topological polar surface area (TPSA) is 103 Å². The lowest BCUT2D eigenvalue weighted by atomic mass is 10.0. The molecule has 4 rings (SSSR count). The Balaban J connectivity index is 0.00000148. The monoisotopic (exact) mass is 684 g/mol. The molecule has 0 aliphatic carbocycles. The van der Waals surface area contributed by atoms with Gasteiger partial charge in [0.05, 0.1) is 31.8 Å². The van der Waals surface area contributed by atoms with E-state index < -0.39 is 35.6 Å². The molecule has 3 aromatic carbocycles. The molecule has 0 unspecified atom stereocenters. The first-order valence-electron chi connectivity index (χ1n) is 16.5. The number of fused-ring (bicyclic) bond motifs is 1. The minimum absolute atomic E-state index is 0.0430. The number of rotatable bonds is 16. The lowest BCUT2D eigenvalue weighted by Crippen LogP contribution is -2.51. The summed E-state index contributed by atoms with van der Waals surface area (Å²) in [5.74, 6) is 0.0250. The number of carbonyl (C=O) groups excluding carboxylic acids is 2. The number of nitrogens with one attached hydrogen (secondary N) is 3. The number of amides is 2. The molecule has 1 aliphatic heterocycles. The number of hydrogen-bond donors (Lipinski definition) is 4. The van der Waals surface area contributed by atoms with E-state index in [4.69, 9.17) is 4.74 Å². The first kappa shape index (κ1) is 38.9. The zero-order valence-electron chi connectivity index (χ0n) is 28.6. The number of aliphatic hydroxyl groups is 1. The van der Waals surface area contributed by atoms with Crippen LogP contribution in [0.25, 0.3) is 0 Å². The van der Waals surface area contributed by atoms with Crippen molar-refractivity contribution in [1.82, 2.24) is 20.3 Å². The molecular weight excluding hydrogens is 634 g/mol. The van der Waals surface area contributed by atoms with Gasteiger partial charge in [-0.25, -0.2) is 13.1 Å². The summed E-state index contributed by atoms with van der Waals surface area (Å²) in [7, 11) is 0. The van der Waals surface area contributed by atoms with E-state index in [1.807, 2.05) is 42.5 Å². The molecule has 1 heterocycles. The molecule has 4 N–H and O–H groups in total. The van der Waals surface area contributed by atoms with E-state index in [2.05, 4.69) is 60.9 Å². The van der Waals surface area contributed by atoms with Gasteiger partial charge in [0.25, 0.3) is 0 Å². The van der Waals surface area contributed by atoms with Crippen molar-refractivity contribution in [1.29, 1.82) is 0 Å². The summed E-state index contributed by atoms with van der Waals surface area (Å²) >= 11 is 1.57. The second-order valence-electron chi connectivity index (χ2n) is 13.0. The van der Waals surface area contributed by atoms with Crippen molar-refractivity contribution in [3.63, 3.8) is 0 Å². The first-order valence-corrected chi connectivity index (χ1v) is 17.3. The average molecular weight is 685 g/mol. The molecule has 11 heteroatoms. The van der Waals surface area contributed by atoms with Crippen LogP contribution in [0.1, 0.15) is 51.3 Å². The highest BCUT2D eigenvalue weighted by molar-refractivity contribution is 7.97. The van der Waals surface area contributed by atoms with Crippen molar-refractivity contribution < 1.29 is 28.2 Å². The fourth-order valence-corrected chi connectivity index (χ4v) is 6.12. The molecule has 2 atom stereocenters. The van der Waals surface area contributed by atoms with Crippen LogP contribution in [0.3, 0.4) is 0 Å². The molecule has 0 aromatic heterocycles. The number of carbonyl (C=O) groups is 2. The molecule has 0 saturated heterocycles. The second-order valence-corrected chi connectivity index (χ2v) is 14.1. The van der Waals surface area contributed by atoms with E-state index in [0.717, 1.165) is 53.3 Å². The van der Waals surface area contributed by atoms with Gasteiger partial charge in [-0.15, -0.1) is 0 Å². The minimum Gasteiger partial charge on any atom is -0.493 e. The largest absolute Gasteiger partial charge is 0.493 e. The van der Waals surface area contributed by atoms with Gasteiger partial charge in [0.2, 0.25) is 11.8 Å². The van der Waals surface area contributed by atoms with Crippen molar-refractivity contribution in [3.05, 3.63) is 95.1 Å². The number of aliphatic hydroxyl groups excluding tert-OH is 1. The lowest BCUT2D eigenvalue weighted by molar-refractivity contribution is -0.126. The zero-order chi connectivity index (χ0) is 35.1. The Morgan fingerprint density at radius 1 is 0.938 bits per heavy atom. The van der Waals surface area contributed by atoms with Crippen molar-refractivity contribution in [2.45, 2.75) is 71.0 Å². The first-order chi connectivity index (χ1) is 22.9. The van der Waals surface area contributed by atoms with Crippen LogP contribution in [0.5, 0.6) is 5.75 Å². The maximum Gasteiger partial charge on any atom is 0.239 e. The molecule has 0 bridgehead atoms. The normalized spacial score (nSPS) is 13.4. The molecule has 1 aliphatic rings. The number of halogens is 2. The third kappa shape index (κ3) is 14.3. The van der Waals surface area contributed by atoms with Gasteiger partial charge in [-0.1, -0.05) is 65.0 Å². The predicted octanol–water partition coefficient (Wildman–Crippen LogP) is 5.52. The smallest absolute Gasteiger partial charge is 0.239 e. The lowest BCUT2D eigenvalue weighted by Gasteiger charge is -2.30. The maximum atomic E-state index is 13.8. The van der Waals surface area contributed by atoms with E-state index in [0.29, 0.717) is 25.5 Å². The molecule has 0 radical (unpaired) electrons. The Bertz CT molecular complexity index is 1440. The number of ether oxygens (including phenoxy) is 1. The van der Waals surface area contributed by atoms with Crippen molar-refractivity contribution in [2.24, 2.45) is 11.8 Å². The highest BCUT2D eigenvalue weighted by Crippen LogP contribution is 2.32. The summed E-state index contributed by atoms with van der Waals surface area (Å²) in [6.07, 6.45) is 0.375. The van der Waals surface area contributed by atoms with Crippen molar-refractivity contribution >= 4 is 23.8 Å². The highest BCUT2D eigenvalue weighted by Gasteiger charge is 2.26. The van der Waals surface area contributed by atoms with E-state index in [1.54, 1.807) is 11.9 Å². The van der Waals surface area contributed by atoms with Gasteiger partial charge >= 0.3 is 0 Å². The van der Waals surface area contributed by atoms with Crippen LogP contribution in [-0.2, 0) is 29.0 Å². The summed E-state index contributed by atoms with van der Waals surface area (Å²) in [6, 6.07) is 18.2. The Morgan fingerprint density at radius 3 is 2.38 bits per heavy atom. The number of benzene rings is 3. The summed E-state index contributed by atoms with van der Waals surface area (Å²) in [5.41, 5.74) is 2.23. The van der Waals surface area contributed by atoms with Gasteiger partial charge in [0.1, 0.15) is 17.4 Å². The van der Waals surface area contributed by atoms with E-state index in [9.17, 15) is 23.5 Å². The van der Waals surface area contributed by atoms with E-state index in [1.165, 1.54) is 5.56 Å². The Kier molecular flexibility index (Phi) is 16.3. The van der Waals surface area contributed by atoms with Gasteiger partial charge in [0.15, 0.2) is 0 Å².